The Bertz CT molecular complexity index is 725. The molecule has 1 N–H and O–H groups in total. The molecule has 0 saturated carbocycles. The van der Waals surface area contributed by atoms with E-state index in [9.17, 15) is 0 Å². The van der Waals surface area contributed by atoms with Gasteiger partial charge in [-0.1, -0.05) is 0 Å². The number of benzene rings is 1. The van der Waals surface area contributed by atoms with Crippen molar-refractivity contribution in [3.8, 4) is 11.5 Å². The maximum atomic E-state index is 5.88. The van der Waals surface area contributed by atoms with Gasteiger partial charge in [0.2, 0.25) is 0 Å². The molecule has 24 heavy (non-hydrogen) atoms. The Labute approximate surface area is 143 Å². The number of nitrogens with zero attached hydrogens (tertiary/aromatic N) is 2. The predicted molar refractivity (Wildman–Crippen MR) is 92.7 cm³/mol. The molecule has 0 saturated heterocycles. The van der Waals surface area contributed by atoms with E-state index in [4.69, 9.17) is 9.47 Å². The van der Waals surface area contributed by atoms with Crippen LogP contribution < -0.4 is 14.8 Å². The highest BCUT2D eigenvalue weighted by Crippen LogP contribution is 2.35. The summed E-state index contributed by atoms with van der Waals surface area (Å²) in [4.78, 5) is 4.53. The summed E-state index contributed by atoms with van der Waals surface area (Å²) in [6, 6.07) is 4.26. The summed E-state index contributed by atoms with van der Waals surface area (Å²) in [7, 11) is 1.74. The molecule has 2 atom stereocenters. The van der Waals surface area contributed by atoms with E-state index in [1.807, 2.05) is 6.20 Å². The molecule has 0 aliphatic carbocycles. The third-order valence-corrected chi connectivity index (χ3v) is 5.07. The molecule has 0 unspecified atom stereocenters. The Hall–Kier alpha value is -2.01. The first-order valence-electron chi connectivity index (χ1n) is 8.83. The van der Waals surface area contributed by atoms with E-state index in [1.54, 1.807) is 7.11 Å². The zero-order valence-electron chi connectivity index (χ0n) is 14.4. The van der Waals surface area contributed by atoms with Gasteiger partial charge in [-0.05, 0) is 31.9 Å². The monoisotopic (exact) mass is 327 g/mol. The van der Waals surface area contributed by atoms with Gasteiger partial charge in [0.25, 0.3) is 0 Å². The van der Waals surface area contributed by atoms with Crippen molar-refractivity contribution in [1.29, 1.82) is 0 Å². The van der Waals surface area contributed by atoms with Crippen LogP contribution in [0.4, 0.5) is 0 Å². The van der Waals surface area contributed by atoms with Crippen molar-refractivity contribution in [3.05, 3.63) is 41.5 Å². The molecular formula is C19H25N3O2. The van der Waals surface area contributed by atoms with Crippen molar-refractivity contribution in [1.82, 2.24) is 14.9 Å². The zero-order valence-corrected chi connectivity index (χ0v) is 14.4. The van der Waals surface area contributed by atoms with Crippen LogP contribution in [0.15, 0.2) is 24.5 Å². The molecule has 1 aromatic heterocycles. The third kappa shape index (κ3) is 2.88. The number of imidazole rings is 1. The van der Waals surface area contributed by atoms with E-state index >= 15 is 0 Å². The standard InChI is InChI=1S/C19H25N3O2/c1-13-8-15-9-17(23-2)16(10-18(15)24-13)12-20-11-14-4-3-6-22-7-5-21-19(14)22/h5,7,9-10,13-14,20H,3-4,6,8,11-12H2,1-2H3/t13-,14+/m0/s1. The number of rotatable bonds is 5. The second kappa shape index (κ2) is 6.48. The summed E-state index contributed by atoms with van der Waals surface area (Å²) in [5.41, 5.74) is 2.40. The maximum absolute atomic E-state index is 5.88. The van der Waals surface area contributed by atoms with Crippen molar-refractivity contribution >= 4 is 0 Å². The lowest BCUT2D eigenvalue weighted by Gasteiger charge is -2.24. The number of methoxy groups -OCH3 is 1. The van der Waals surface area contributed by atoms with Crippen LogP contribution in [0.5, 0.6) is 11.5 Å². The Morgan fingerprint density at radius 3 is 3.21 bits per heavy atom. The Morgan fingerprint density at radius 1 is 1.42 bits per heavy atom. The lowest BCUT2D eigenvalue weighted by atomic mass is 9.98. The summed E-state index contributed by atoms with van der Waals surface area (Å²) >= 11 is 0. The van der Waals surface area contributed by atoms with Crippen LogP contribution in [-0.2, 0) is 19.5 Å². The lowest BCUT2D eigenvalue weighted by Crippen LogP contribution is -2.26. The van der Waals surface area contributed by atoms with Gasteiger partial charge in [-0.25, -0.2) is 4.98 Å². The molecule has 0 bridgehead atoms. The summed E-state index contributed by atoms with van der Waals surface area (Å²) < 4.78 is 13.7. The van der Waals surface area contributed by atoms with Crippen LogP contribution in [0.25, 0.3) is 0 Å². The van der Waals surface area contributed by atoms with Crippen molar-refractivity contribution in [2.24, 2.45) is 0 Å². The van der Waals surface area contributed by atoms with Crippen LogP contribution in [0, 0.1) is 0 Å². The summed E-state index contributed by atoms with van der Waals surface area (Å²) in [6.45, 7) is 4.93. The number of ether oxygens (including phenoxy) is 2. The van der Waals surface area contributed by atoms with Crippen LogP contribution >= 0.6 is 0 Å². The molecule has 2 aliphatic rings. The lowest BCUT2D eigenvalue weighted by molar-refractivity contribution is 0.254. The molecule has 128 valence electrons. The highest BCUT2D eigenvalue weighted by molar-refractivity contribution is 5.48. The molecule has 0 amide bonds. The molecule has 0 fully saturated rings. The normalized spacial score (nSPS) is 21.9. The van der Waals surface area contributed by atoms with Gasteiger partial charge >= 0.3 is 0 Å². The molecule has 2 aliphatic heterocycles. The molecule has 1 aromatic carbocycles. The second-order valence-electron chi connectivity index (χ2n) is 6.85. The molecule has 2 aromatic rings. The Kier molecular flexibility index (Phi) is 4.19. The van der Waals surface area contributed by atoms with E-state index in [2.05, 4.69) is 40.1 Å². The van der Waals surface area contributed by atoms with Crippen LogP contribution in [0.2, 0.25) is 0 Å². The van der Waals surface area contributed by atoms with E-state index < -0.39 is 0 Å². The van der Waals surface area contributed by atoms with E-state index in [0.717, 1.165) is 43.1 Å². The first-order valence-corrected chi connectivity index (χ1v) is 8.83. The fraction of sp³-hybridized carbons (Fsp3) is 0.526. The van der Waals surface area contributed by atoms with Gasteiger partial charge in [0.05, 0.1) is 7.11 Å². The second-order valence-corrected chi connectivity index (χ2v) is 6.85. The van der Waals surface area contributed by atoms with Crippen molar-refractivity contribution < 1.29 is 9.47 Å². The topological polar surface area (TPSA) is 48.3 Å². The highest BCUT2D eigenvalue weighted by atomic mass is 16.5. The third-order valence-electron chi connectivity index (χ3n) is 5.07. The number of aromatic nitrogens is 2. The first-order chi connectivity index (χ1) is 11.7. The number of aryl methyl sites for hydroxylation is 1. The van der Waals surface area contributed by atoms with Crippen LogP contribution in [-0.4, -0.2) is 29.3 Å². The van der Waals surface area contributed by atoms with E-state index in [1.165, 1.54) is 24.2 Å². The number of hydrogen-bond donors (Lipinski definition) is 1. The van der Waals surface area contributed by atoms with E-state index in [-0.39, 0.29) is 6.10 Å². The number of hydrogen-bond acceptors (Lipinski definition) is 4. The Balaban J connectivity index is 1.43. The van der Waals surface area contributed by atoms with Gasteiger partial charge in [-0.2, -0.15) is 0 Å². The quantitative estimate of drug-likeness (QED) is 0.917. The van der Waals surface area contributed by atoms with Gasteiger partial charge in [0.15, 0.2) is 0 Å². The van der Waals surface area contributed by atoms with Crippen molar-refractivity contribution in [2.45, 2.75) is 51.3 Å². The smallest absolute Gasteiger partial charge is 0.123 e. The average molecular weight is 327 g/mol. The highest BCUT2D eigenvalue weighted by Gasteiger charge is 2.23. The molecular weight excluding hydrogens is 302 g/mol. The average Bonchev–Trinajstić information content (AvgIpc) is 3.19. The minimum Gasteiger partial charge on any atom is -0.496 e. The molecule has 5 heteroatoms. The van der Waals surface area contributed by atoms with Crippen molar-refractivity contribution in [3.63, 3.8) is 0 Å². The van der Waals surface area contributed by atoms with Gasteiger partial charge < -0.3 is 19.4 Å². The molecule has 0 radical (unpaired) electrons. The van der Waals surface area contributed by atoms with Gasteiger partial charge in [0, 0.05) is 55.5 Å². The summed E-state index contributed by atoms with van der Waals surface area (Å²) in [5, 5.41) is 3.59. The van der Waals surface area contributed by atoms with Crippen LogP contribution in [0.1, 0.15) is 42.6 Å². The minimum atomic E-state index is 0.258. The van der Waals surface area contributed by atoms with Crippen molar-refractivity contribution in [2.75, 3.05) is 13.7 Å². The molecule has 3 heterocycles. The maximum Gasteiger partial charge on any atom is 0.123 e. The molecule has 0 spiro atoms. The first kappa shape index (κ1) is 15.5. The largest absolute Gasteiger partial charge is 0.496 e. The number of nitrogens with one attached hydrogen (secondary N) is 1. The predicted octanol–water partition coefficient (Wildman–Crippen LogP) is 2.88. The van der Waals surface area contributed by atoms with Gasteiger partial charge in [-0.15, -0.1) is 0 Å². The fourth-order valence-corrected chi connectivity index (χ4v) is 3.89. The molecule has 5 nitrogen and oxygen atoms in total. The number of fused-ring (bicyclic) bond motifs is 2. The minimum absolute atomic E-state index is 0.258. The SMILES string of the molecule is COc1cc2c(cc1CNC[C@H]1CCCn3ccnc31)O[C@@H](C)C2. The zero-order chi connectivity index (χ0) is 16.5. The Morgan fingerprint density at radius 2 is 2.33 bits per heavy atom. The molecule has 4 rings (SSSR count). The van der Waals surface area contributed by atoms with E-state index in [0.29, 0.717) is 5.92 Å². The van der Waals surface area contributed by atoms with Gasteiger partial charge in [-0.3, -0.25) is 0 Å². The van der Waals surface area contributed by atoms with Gasteiger partial charge in [0.1, 0.15) is 23.4 Å². The summed E-state index contributed by atoms with van der Waals surface area (Å²) in [6.07, 6.45) is 7.65. The summed E-state index contributed by atoms with van der Waals surface area (Å²) in [5.74, 6) is 3.66. The fourth-order valence-electron chi connectivity index (χ4n) is 3.89. The van der Waals surface area contributed by atoms with Crippen LogP contribution in [0.3, 0.4) is 0 Å².